The number of hydrogen-bond donors (Lipinski definition) is 1. The number of benzene rings is 1. The normalized spacial score (nSPS) is 19.0. The maximum atomic E-state index is 4.22. The fourth-order valence-corrected chi connectivity index (χ4v) is 3.20. The lowest BCUT2D eigenvalue weighted by atomic mass is 9.59. The Hall–Kier alpha value is -1.08. The van der Waals surface area contributed by atoms with E-state index in [-0.39, 0.29) is 0 Å². The van der Waals surface area contributed by atoms with Crippen molar-refractivity contribution in [2.45, 2.75) is 51.0 Å². The van der Waals surface area contributed by atoms with Crippen molar-refractivity contribution in [2.75, 3.05) is 6.54 Å². The quantitative estimate of drug-likeness (QED) is 0.743. The van der Waals surface area contributed by atoms with Crippen LogP contribution in [0.25, 0.3) is 0 Å². The molecule has 1 atom stereocenters. The molecule has 0 radical (unpaired) electrons. The van der Waals surface area contributed by atoms with Crippen LogP contribution in [0.2, 0.25) is 0 Å². The van der Waals surface area contributed by atoms with Gasteiger partial charge < -0.3 is 5.32 Å². The van der Waals surface area contributed by atoms with Gasteiger partial charge in [-0.15, -0.1) is 0 Å². The highest BCUT2D eigenvalue weighted by molar-refractivity contribution is 5.34. The van der Waals surface area contributed by atoms with E-state index in [1.165, 1.54) is 36.8 Å². The standard InChI is InChI=1S/C17H25N/c1-4-13-18-16(14(2)3)17(11-8-12-17)15-9-6-5-7-10-15/h5-7,9-10,16,18H,2,4,8,11-13H2,1,3H3. The van der Waals surface area contributed by atoms with Crippen molar-refractivity contribution >= 4 is 0 Å². The predicted molar refractivity (Wildman–Crippen MR) is 78.9 cm³/mol. The Bertz CT molecular complexity index is 389. The summed E-state index contributed by atoms with van der Waals surface area (Å²) in [4.78, 5) is 0. The van der Waals surface area contributed by atoms with E-state index in [9.17, 15) is 0 Å². The molecule has 0 amide bonds. The minimum absolute atomic E-state index is 0.294. The summed E-state index contributed by atoms with van der Waals surface area (Å²) in [5.41, 5.74) is 3.04. The fourth-order valence-electron chi connectivity index (χ4n) is 3.20. The molecule has 1 unspecified atom stereocenters. The molecule has 0 saturated heterocycles. The highest BCUT2D eigenvalue weighted by Crippen LogP contribution is 2.47. The number of hydrogen-bond acceptors (Lipinski definition) is 1. The lowest BCUT2D eigenvalue weighted by molar-refractivity contribution is 0.189. The first-order valence-electron chi connectivity index (χ1n) is 7.15. The van der Waals surface area contributed by atoms with Crippen LogP contribution in [0.3, 0.4) is 0 Å². The lowest BCUT2D eigenvalue weighted by Gasteiger charge is -2.49. The Labute approximate surface area is 111 Å². The van der Waals surface area contributed by atoms with Gasteiger partial charge in [-0.2, -0.15) is 0 Å². The zero-order valence-corrected chi connectivity index (χ0v) is 11.7. The topological polar surface area (TPSA) is 12.0 Å². The van der Waals surface area contributed by atoms with Crippen molar-refractivity contribution in [3.05, 3.63) is 48.0 Å². The third-order valence-corrected chi connectivity index (χ3v) is 4.24. The minimum atomic E-state index is 0.294. The van der Waals surface area contributed by atoms with E-state index in [1.807, 2.05) is 0 Å². The van der Waals surface area contributed by atoms with Crippen LogP contribution in [0.15, 0.2) is 42.5 Å². The van der Waals surface area contributed by atoms with Gasteiger partial charge in [0.25, 0.3) is 0 Å². The van der Waals surface area contributed by atoms with E-state index in [4.69, 9.17) is 0 Å². The molecule has 0 heterocycles. The third-order valence-electron chi connectivity index (χ3n) is 4.24. The molecule has 1 N–H and O–H groups in total. The predicted octanol–water partition coefficient (Wildman–Crippen LogP) is 4.05. The van der Waals surface area contributed by atoms with Gasteiger partial charge in [-0.1, -0.05) is 55.8 Å². The summed E-state index contributed by atoms with van der Waals surface area (Å²) in [7, 11) is 0. The van der Waals surface area contributed by atoms with Gasteiger partial charge >= 0.3 is 0 Å². The molecule has 0 aromatic heterocycles. The van der Waals surface area contributed by atoms with Crippen LogP contribution in [-0.2, 0) is 5.41 Å². The van der Waals surface area contributed by atoms with Crippen LogP contribution in [-0.4, -0.2) is 12.6 Å². The van der Waals surface area contributed by atoms with Crippen molar-refractivity contribution in [3.63, 3.8) is 0 Å². The van der Waals surface area contributed by atoms with Crippen molar-refractivity contribution in [3.8, 4) is 0 Å². The molecule has 1 nitrogen and oxygen atoms in total. The first-order valence-corrected chi connectivity index (χ1v) is 7.15. The van der Waals surface area contributed by atoms with Gasteiger partial charge in [0, 0.05) is 11.5 Å². The van der Waals surface area contributed by atoms with Gasteiger partial charge in [-0.25, -0.2) is 0 Å². The van der Waals surface area contributed by atoms with Crippen LogP contribution in [0.5, 0.6) is 0 Å². The number of rotatable bonds is 6. The lowest BCUT2D eigenvalue weighted by Crippen LogP contribution is -2.53. The largest absolute Gasteiger partial charge is 0.309 e. The molecule has 1 aliphatic rings. The molecule has 2 rings (SSSR count). The highest BCUT2D eigenvalue weighted by Gasteiger charge is 2.45. The van der Waals surface area contributed by atoms with E-state index < -0.39 is 0 Å². The second kappa shape index (κ2) is 5.71. The first-order chi connectivity index (χ1) is 8.70. The van der Waals surface area contributed by atoms with Gasteiger partial charge in [0.1, 0.15) is 0 Å². The Morgan fingerprint density at radius 1 is 1.33 bits per heavy atom. The monoisotopic (exact) mass is 243 g/mol. The van der Waals surface area contributed by atoms with Crippen LogP contribution >= 0.6 is 0 Å². The van der Waals surface area contributed by atoms with E-state index in [0.29, 0.717) is 11.5 Å². The zero-order valence-electron chi connectivity index (χ0n) is 11.7. The van der Waals surface area contributed by atoms with Crippen LogP contribution in [0.1, 0.15) is 45.1 Å². The second-order valence-corrected chi connectivity index (χ2v) is 5.61. The smallest absolute Gasteiger partial charge is 0.0371 e. The molecule has 1 heteroatoms. The molecule has 1 aromatic rings. The van der Waals surface area contributed by atoms with Crippen molar-refractivity contribution in [1.29, 1.82) is 0 Å². The van der Waals surface area contributed by atoms with Crippen LogP contribution in [0, 0.1) is 0 Å². The molecule has 18 heavy (non-hydrogen) atoms. The fraction of sp³-hybridized carbons (Fsp3) is 0.529. The van der Waals surface area contributed by atoms with E-state index >= 15 is 0 Å². The van der Waals surface area contributed by atoms with Crippen molar-refractivity contribution in [1.82, 2.24) is 5.32 Å². The highest BCUT2D eigenvalue weighted by atomic mass is 14.9. The maximum Gasteiger partial charge on any atom is 0.0371 e. The maximum absolute atomic E-state index is 4.22. The molecule has 0 bridgehead atoms. The molecular weight excluding hydrogens is 218 g/mol. The molecular formula is C17H25N. The minimum Gasteiger partial charge on any atom is -0.309 e. The van der Waals surface area contributed by atoms with E-state index in [2.05, 4.69) is 56.1 Å². The third kappa shape index (κ3) is 2.37. The van der Waals surface area contributed by atoms with Crippen LogP contribution < -0.4 is 5.32 Å². The van der Waals surface area contributed by atoms with Gasteiger partial charge in [-0.3, -0.25) is 0 Å². The molecule has 0 aliphatic heterocycles. The molecule has 98 valence electrons. The summed E-state index contributed by atoms with van der Waals surface area (Å²) in [5, 5.41) is 3.71. The van der Waals surface area contributed by atoms with E-state index in [1.54, 1.807) is 0 Å². The number of nitrogens with one attached hydrogen (secondary N) is 1. The molecule has 0 spiro atoms. The average Bonchev–Trinajstić information content (AvgIpc) is 2.33. The van der Waals surface area contributed by atoms with Crippen LogP contribution in [0.4, 0.5) is 0 Å². The average molecular weight is 243 g/mol. The van der Waals surface area contributed by atoms with Crippen molar-refractivity contribution in [2.24, 2.45) is 0 Å². The van der Waals surface area contributed by atoms with Gasteiger partial charge in [-0.05, 0) is 38.3 Å². The SMILES string of the molecule is C=C(C)C(NCCC)C1(c2ccccc2)CCC1. The molecule has 1 fully saturated rings. The zero-order chi connectivity index (χ0) is 13.0. The first kappa shape index (κ1) is 13.4. The summed E-state index contributed by atoms with van der Waals surface area (Å²) in [5.74, 6) is 0. The van der Waals surface area contributed by atoms with Crippen molar-refractivity contribution < 1.29 is 0 Å². The Morgan fingerprint density at radius 2 is 2.00 bits per heavy atom. The second-order valence-electron chi connectivity index (χ2n) is 5.61. The Morgan fingerprint density at radius 3 is 2.44 bits per heavy atom. The Balaban J connectivity index is 2.27. The van der Waals surface area contributed by atoms with Gasteiger partial charge in [0.2, 0.25) is 0 Å². The van der Waals surface area contributed by atoms with Gasteiger partial charge in [0.15, 0.2) is 0 Å². The molecule has 1 aliphatic carbocycles. The Kier molecular flexibility index (Phi) is 4.23. The summed E-state index contributed by atoms with van der Waals surface area (Å²) in [6.07, 6.45) is 5.08. The summed E-state index contributed by atoms with van der Waals surface area (Å²) >= 11 is 0. The summed E-state index contributed by atoms with van der Waals surface area (Å²) in [6, 6.07) is 11.4. The van der Waals surface area contributed by atoms with Gasteiger partial charge in [0.05, 0.1) is 0 Å². The summed E-state index contributed by atoms with van der Waals surface area (Å²) in [6.45, 7) is 9.68. The molecule has 1 saturated carbocycles. The molecule has 1 aromatic carbocycles. The van der Waals surface area contributed by atoms with E-state index in [0.717, 1.165) is 6.54 Å². The summed E-state index contributed by atoms with van der Waals surface area (Å²) < 4.78 is 0.